The summed E-state index contributed by atoms with van der Waals surface area (Å²) in [6.45, 7) is 1.20. The van der Waals surface area contributed by atoms with E-state index in [1.54, 1.807) is 0 Å². The second kappa shape index (κ2) is 7.48. The van der Waals surface area contributed by atoms with E-state index in [9.17, 15) is 19.7 Å². The number of nitro groups is 1. The number of non-ortho nitro benzene ring substituents is 1. The number of carbonyl (C=O) groups excluding carboxylic acids is 1. The molecule has 21 heavy (non-hydrogen) atoms. The van der Waals surface area contributed by atoms with Crippen LogP contribution in [0.1, 0.15) is 6.92 Å². The Morgan fingerprint density at radius 3 is 2.33 bits per heavy atom. The lowest BCUT2D eigenvalue weighted by atomic mass is 10.3. The molecule has 0 bridgehead atoms. The molecule has 1 unspecified atom stereocenters. The molecule has 1 amide bonds. The monoisotopic (exact) mass is 352 g/mol. The average molecular weight is 353 g/mol. The third-order valence-corrected chi connectivity index (χ3v) is 4.31. The Balaban J connectivity index is 2.90. The summed E-state index contributed by atoms with van der Waals surface area (Å²) in [5, 5.41) is 22.0. The summed E-state index contributed by atoms with van der Waals surface area (Å²) in [6.07, 6.45) is 0. The predicted molar refractivity (Wildman–Crippen MR) is 79.1 cm³/mol. The molecule has 10 heteroatoms. The highest BCUT2D eigenvalue weighted by Gasteiger charge is 2.21. The van der Waals surface area contributed by atoms with Gasteiger partial charge in [0, 0.05) is 29.7 Å². The number of benzene rings is 1. The molecule has 114 valence electrons. The van der Waals surface area contributed by atoms with E-state index in [0.717, 1.165) is 23.9 Å². The molecular formula is C11H10Cl2N2O5S. The van der Waals surface area contributed by atoms with Gasteiger partial charge < -0.3 is 10.4 Å². The number of rotatable bonds is 6. The molecule has 2 N–H and O–H groups in total. The molecule has 0 saturated carbocycles. The van der Waals surface area contributed by atoms with Crippen LogP contribution in [0.25, 0.3) is 0 Å². The van der Waals surface area contributed by atoms with Crippen molar-refractivity contribution in [3.8, 4) is 0 Å². The molecule has 1 atom stereocenters. The van der Waals surface area contributed by atoms with Gasteiger partial charge in [0.05, 0.1) is 15.0 Å². The van der Waals surface area contributed by atoms with E-state index in [-0.39, 0.29) is 21.5 Å². The molecule has 0 saturated heterocycles. The molecule has 0 spiro atoms. The van der Waals surface area contributed by atoms with Gasteiger partial charge in [-0.05, 0) is 0 Å². The van der Waals surface area contributed by atoms with Crippen molar-refractivity contribution >= 4 is 52.5 Å². The van der Waals surface area contributed by atoms with E-state index >= 15 is 0 Å². The van der Waals surface area contributed by atoms with Crippen molar-refractivity contribution < 1.29 is 19.6 Å². The lowest BCUT2D eigenvalue weighted by molar-refractivity contribution is -0.384. The summed E-state index contributed by atoms with van der Waals surface area (Å²) in [7, 11) is 0. The van der Waals surface area contributed by atoms with Gasteiger partial charge in [0.2, 0.25) is 5.91 Å². The van der Waals surface area contributed by atoms with Crippen LogP contribution in [0.15, 0.2) is 17.0 Å². The molecule has 1 aromatic rings. The highest BCUT2D eigenvalue weighted by molar-refractivity contribution is 7.99. The van der Waals surface area contributed by atoms with Crippen LogP contribution < -0.4 is 5.32 Å². The first-order valence-electron chi connectivity index (χ1n) is 5.48. The fraction of sp³-hybridized carbons (Fsp3) is 0.273. The first-order valence-corrected chi connectivity index (χ1v) is 7.22. The number of nitro benzene ring substituents is 1. The maximum Gasteiger partial charge on any atom is 0.327 e. The van der Waals surface area contributed by atoms with Crippen LogP contribution in [-0.4, -0.2) is 33.7 Å². The maximum atomic E-state index is 11.0. The smallest absolute Gasteiger partial charge is 0.327 e. The lowest BCUT2D eigenvalue weighted by Crippen LogP contribution is -2.41. The minimum Gasteiger partial charge on any atom is -0.480 e. The summed E-state index contributed by atoms with van der Waals surface area (Å²) in [5.74, 6) is -1.71. The van der Waals surface area contributed by atoms with Crippen LogP contribution in [0.3, 0.4) is 0 Å². The number of aliphatic carboxylic acids is 1. The van der Waals surface area contributed by atoms with Gasteiger partial charge in [0.15, 0.2) is 0 Å². The van der Waals surface area contributed by atoms with Crippen molar-refractivity contribution in [2.24, 2.45) is 0 Å². The third kappa shape index (κ3) is 5.07. The van der Waals surface area contributed by atoms with Crippen molar-refractivity contribution in [1.29, 1.82) is 0 Å². The number of carboxylic acid groups (broad SMARTS) is 1. The van der Waals surface area contributed by atoms with Crippen molar-refractivity contribution in [3.05, 3.63) is 32.3 Å². The Kier molecular flexibility index (Phi) is 6.25. The Bertz CT molecular complexity index is 573. The van der Waals surface area contributed by atoms with Crippen LogP contribution in [0, 0.1) is 10.1 Å². The zero-order valence-electron chi connectivity index (χ0n) is 10.6. The van der Waals surface area contributed by atoms with Crippen LogP contribution in [0.5, 0.6) is 0 Å². The molecule has 0 fully saturated rings. The molecule has 0 aliphatic rings. The average Bonchev–Trinajstić information content (AvgIpc) is 2.35. The zero-order valence-corrected chi connectivity index (χ0v) is 13.0. The zero-order chi connectivity index (χ0) is 16.2. The molecule has 0 heterocycles. The van der Waals surface area contributed by atoms with Gasteiger partial charge in [-0.2, -0.15) is 0 Å². The molecule has 1 aromatic carbocycles. The first kappa shape index (κ1) is 17.5. The second-order valence-electron chi connectivity index (χ2n) is 3.90. The first-order chi connectivity index (χ1) is 9.72. The highest BCUT2D eigenvalue weighted by Crippen LogP contribution is 2.37. The van der Waals surface area contributed by atoms with E-state index in [4.69, 9.17) is 28.3 Å². The van der Waals surface area contributed by atoms with Gasteiger partial charge in [-0.1, -0.05) is 23.2 Å². The van der Waals surface area contributed by atoms with Crippen molar-refractivity contribution in [2.75, 3.05) is 5.75 Å². The molecular weight excluding hydrogens is 343 g/mol. The van der Waals surface area contributed by atoms with E-state index in [0.29, 0.717) is 4.90 Å². The van der Waals surface area contributed by atoms with Crippen LogP contribution in [-0.2, 0) is 9.59 Å². The summed E-state index contributed by atoms with van der Waals surface area (Å²) in [6, 6.07) is 1.14. The third-order valence-electron chi connectivity index (χ3n) is 2.26. The molecule has 0 aliphatic heterocycles. The van der Waals surface area contributed by atoms with Crippen LogP contribution >= 0.6 is 35.0 Å². The van der Waals surface area contributed by atoms with Gasteiger partial charge in [0.1, 0.15) is 6.04 Å². The number of hydrogen-bond donors (Lipinski definition) is 2. The van der Waals surface area contributed by atoms with Gasteiger partial charge in [-0.25, -0.2) is 4.79 Å². The SMILES string of the molecule is CC(=O)NC(CSc1c(Cl)cc([N+](=O)[O-])cc1Cl)C(=O)O. The van der Waals surface area contributed by atoms with Crippen molar-refractivity contribution in [2.45, 2.75) is 17.9 Å². The number of carboxylic acids is 1. The Labute approximate surface area is 133 Å². The van der Waals surface area contributed by atoms with Gasteiger partial charge in [0.25, 0.3) is 5.69 Å². The minimum absolute atomic E-state index is 0.0217. The molecule has 0 aromatic heterocycles. The Morgan fingerprint density at radius 1 is 1.43 bits per heavy atom. The Hall–Kier alpha value is -1.51. The number of nitrogens with one attached hydrogen (secondary N) is 1. The molecule has 7 nitrogen and oxygen atoms in total. The summed E-state index contributed by atoms with van der Waals surface area (Å²) < 4.78 is 0. The largest absolute Gasteiger partial charge is 0.480 e. The number of halogens is 2. The van der Waals surface area contributed by atoms with E-state index in [2.05, 4.69) is 5.32 Å². The highest BCUT2D eigenvalue weighted by atomic mass is 35.5. The van der Waals surface area contributed by atoms with E-state index < -0.39 is 22.8 Å². The molecule has 0 radical (unpaired) electrons. The second-order valence-corrected chi connectivity index (χ2v) is 5.74. The standard InChI is InChI=1S/C11H10Cl2N2O5S/c1-5(16)14-9(11(17)18)4-21-10-7(12)2-6(15(19)20)3-8(10)13/h2-3,9H,4H2,1H3,(H,14,16)(H,17,18). The van der Waals surface area contributed by atoms with E-state index in [1.807, 2.05) is 0 Å². The van der Waals surface area contributed by atoms with Gasteiger partial charge in [-0.15, -0.1) is 11.8 Å². The summed E-state index contributed by atoms with van der Waals surface area (Å²) in [4.78, 5) is 32.2. The number of hydrogen-bond acceptors (Lipinski definition) is 5. The number of thioether (sulfide) groups is 1. The van der Waals surface area contributed by atoms with Gasteiger partial charge in [-0.3, -0.25) is 14.9 Å². The fourth-order valence-electron chi connectivity index (χ4n) is 1.38. The van der Waals surface area contributed by atoms with Crippen LogP contribution in [0.2, 0.25) is 10.0 Å². The Morgan fingerprint density at radius 2 is 1.95 bits per heavy atom. The lowest BCUT2D eigenvalue weighted by Gasteiger charge is -2.13. The quantitative estimate of drug-likeness (QED) is 0.462. The van der Waals surface area contributed by atoms with Crippen molar-refractivity contribution in [1.82, 2.24) is 5.32 Å². The molecule has 1 rings (SSSR count). The minimum atomic E-state index is -1.20. The van der Waals surface area contributed by atoms with Gasteiger partial charge >= 0.3 is 5.97 Å². The molecule has 0 aliphatic carbocycles. The van der Waals surface area contributed by atoms with E-state index in [1.165, 1.54) is 6.92 Å². The summed E-state index contributed by atoms with van der Waals surface area (Å²) in [5.41, 5.74) is -0.258. The number of nitrogens with zero attached hydrogens (tertiary/aromatic N) is 1. The topological polar surface area (TPSA) is 110 Å². The normalized spacial score (nSPS) is 11.8. The fourth-order valence-corrected chi connectivity index (χ4v) is 3.13. The predicted octanol–water partition coefficient (Wildman–Crippen LogP) is 2.58. The number of carbonyl (C=O) groups is 2. The summed E-state index contributed by atoms with van der Waals surface area (Å²) >= 11 is 12.8. The van der Waals surface area contributed by atoms with Crippen LogP contribution in [0.4, 0.5) is 5.69 Å². The maximum absolute atomic E-state index is 11.0. The number of amides is 1. The van der Waals surface area contributed by atoms with Crippen molar-refractivity contribution in [3.63, 3.8) is 0 Å².